The van der Waals surface area contributed by atoms with Crippen molar-refractivity contribution in [3.8, 4) is 0 Å². The molecule has 0 unspecified atom stereocenters. The molecule has 0 radical (unpaired) electrons. The van der Waals surface area contributed by atoms with Gasteiger partial charge in [0.2, 0.25) is 0 Å². The van der Waals surface area contributed by atoms with Crippen molar-refractivity contribution in [2.24, 2.45) is 5.92 Å². The molecule has 2 aromatic rings. The second-order valence-electron chi connectivity index (χ2n) is 5.83. The van der Waals surface area contributed by atoms with Crippen molar-refractivity contribution >= 4 is 17.3 Å². The van der Waals surface area contributed by atoms with Crippen molar-refractivity contribution in [2.75, 3.05) is 11.9 Å². The maximum absolute atomic E-state index is 6.41. The van der Waals surface area contributed by atoms with Crippen LogP contribution in [0.5, 0.6) is 0 Å². The number of nitrogens with one attached hydrogen (secondary N) is 1. The number of hydrogen-bond donors (Lipinski definition) is 1. The molecule has 0 amide bonds. The molecule has 3 atom stereocenters. The van der Waals surface area contributed by atoms with E-state index in [1.165, 1.54) is 17.5 Å². The Morgan fingerprint density at radius 2 is 1.90 bits per heavy atom. The molecule has 2 aliphatic heterocycles. The Bertz CT molecular complexity index is 643. The van der Waals surface area contributed by atoms with Crippen LogP contribution in [0.2, 0.25) is 5.02 Å². The van der Waals surface area contributed by atoms with Crippen molar-refractivity contribution < 1.29 is 4.74 Å². The third-order valence-corrected chi connectivity index (χ3v) is 4.92. The summed E-state index contributed by atoms with van der Waals surface area (Å²) in [6.45, 7) is 0.842. The Morgan fingerprint density at radius 3 is 2.76 bits per heavy atom. The maximum atomic E-state index is 6.41. The zero-order chi connectivity index (χ0) is 14.2. The van der Waals surface area contributed by atoms with Crippen molar-refractivity contribution in [2.45, 2.75) is 25.0 Å². The molecular formula is C18H18ClNO. The average Bonchev–Trinajstić information content (AvgIpc) is 2.55. The number of para-hydroxylation sites is 1. The van der Waals surface area contributed by atoms with E-state index >= 15 is 0 Å². The van der Waals surface area contributed by atoms with E-state index < -0.39 is 0 Å². The van der Waals surface area contributed by atoms with E-state index in [-0.39, 0.29) is 12.1 Å². The summed E-state index contributed by atoms with van der Waals surface area (Å²) < 4.78 is 6.12. The molecule has 4 rings (SSSR count). The summed E-state index contributed by atoms with van der Waals surface area (Å²) in [6, 6.07) is 17.0. The summed E-state index contributed by atoms with van der Waals surface area (Å²) in [5.74, 6) is 0.465. The van der Waals surface area contributed by atoms with Crippen molar-refractivity contribution in [3.63, 3.8) is 0 Å². The van der Waals surface area contributed by atoms with Gasteiger partial charge in [-0.15, -0.1) is 0 Å². The van der Waals surface area contributed by atoms with Gasteiger partial charge in [-0.3, -0.25) is 0 Å². The van der Waals surface area contributed by atoms with E-state index in [4.69, 9.17) is 16.3 Å². The molecule has 1 N–H and O–H groups in total. The first-order valence-electron chi connectivity index (χ1n) is 7.56. The monoisotopic (exact) mass is 299 g/mol. The topological polar surface area (TPSA) is 21.3 Å². The lowest BCUT2D eigenvalue weighted by Crippen LogP contribution is -2.36. The van der Waals surface area contributed by atoms with Crippen LogP contribution in [0.25, 0.3) is 0 Å². The molecule has 0 saturated carbocycles. The Balaban J connectivity index is 1.81. The summed E-state index contributed by atoms with van der Waals surface area (Å²) >= 11 is 6.41. The number of rotatable bonds is 1. The maximum Gasteiger partial charge on any atom is 0.0896 e. The fraction of sp³-hybridized carbons (Fsp3) is 0.333. The molecule has 108 valence electrons. The van der Waals surface area contributed by atoms with Gasteiger partial charge in [0.15, 0.2) is 0 Å². The first-order chi connectivity index (χ1) is 10.3. The highest BCUT2D eigenvalue weighted by Gasteiger charge is 2.40. The van der Waals surface area contributed by atoms with Crippen LogP contribution in [0.4, 0.5) is 5.69 Å². The van der Waals surface area contributed by atoms with Gasteiger partial charge in [0, 0.05) is 18.1 Å². The van der Waals surface area contributed by atoms with Gasteiger partial charge in [-0.25, -0.2) is 0 Å². The van der Waals surface area contributed by atoms with Crippen LogP contribution in [-0.2, 0) is 4.74 Å². The van der Waals surface area contributed by atoms with Gasteiger partial charge in [0.05, 0.1) is 22.9 Å². The Hall–Kier alpha value is -1.51. The molecule has 0 aliphatic carbocycles. The van der Waals surface area contributed by atoms with Crippen molar-refractivity contribution in [1.82, 2.24) is 0 Å². The number of halogens is 1. The lowest BCUT2D eigenvalue weighted by atomic mass is 9.77. The minimum atomic E-state index is 0.152. The van der Waals surface area contributed by atoms with E-state index in [2.05, 4.69) is 41.7 Å². The smallest absolute Gasteiger partial charge is 0.0896 e. The lowest BCUT2D eigenvalue weighted by molar-refractivity contribution is -0.0381. The zero-order valence-electron chi connectivity index (χ0n) is 11.8. The van der Waals surface area contributed by atoms with E-state index in [1.54, 1.807) is 0 Å². The largest absolute Gasteiger partial charge is 0.376 e. The summed E-state index contributed by atoms with van der Waals surface area (Å²) in [6.07, 6.45) is 2.46. The summed E-state index contributed by atoms with van der Waals surface area (Å²) in [7, 11) is 0. The summed E-state index contributed by atoms with van der Waals surface area (Å²) in [4.78, 5) is 0. The highest BCUT2D eigenvalue weighted by molar-refractivity contribution is 6.33. The molecule has 2 aliphatic rings. The normalized spacial score (nSPS) is 27.4. The Labute approximate surface area is 130 Å². The van der Waals surface area contributed by atoms with Crippen LogP contribution in [-0.4, -0.2) is 6.61 Å². The third kappa shape index (κ3) is 2.23. The van der Waals surface area contributed by atoms with Crippen LogP contribution in [0.3, 0.4) is 0 Å². The minimum Gasteiger partial charge on any atom is -0.376 e. The molecule has 2 aromatic carbocycles. The van der Waals surface area contributed by atoms with E-state index in [0.717, 1.165) is 23.7 Å². The van der Waals surface area contributed by atoms with E-state index in [1.807, 2.05) is 12.1 Å². The molecule has 2 nitrogen and oxygen atoms in total. The molecule has 3 heteroatoms. The standard InChI is InChI=1S/C18H18ClNO/c19-15-10-4-8-14-17(15)20-16(12-6-2-1-3-7-12)13-9-5-11-21-18(13)14/h1-4,6-8,10,13,16,18,20H,5,9,11H2/t13-,16-,18-/m1/s1. The van der Waals surface area contributed by atoms with Gasteiger partial charge in [-0.05, 0) is 24.5 Å². The molecule has 1 saturated heterocycles. The van der Waals surface area contributed by atoms with Gasteiger partial charge in [-0.2, -0.15) is 0 Å². The van der Waals surface area contributed by atoms with Crippen LogP contribution in [0, 0.1) is 5.92 Å². The third-order valence-electron chi connectivity index (χ3n) is 4.61. The summed E-state index contributed by atoms with van der Waals surface area (Å²) in [5, 5.41) is 4.45. The van der Waals surface area contributed by atoms with Crippen LogP contribution >= 0.6 is 11.6 Å². The van der Waals surface area contributed by atoms with Crippen LogP contribution < -0.4 is 5.32 Å². The highest BCUT2D eigenvalue weighted by Crippen LogP contribution is 2.50. The second kappa shape index (κ2) is 5.36. The number of benzene rings is 2. The molecule has 0 aromatic heterocycles. The summed E-state index contributed by atoms with van der Waals surface area (Å²) in [5.41, 5.74) is 3.55. The predicted molar refractivity (Wildman–Crippen MR) is 85.7 cm³/mol. The molecule has 21 heavy (non-hydrogen) atoms. The Morgan fingerprint density at radius 1 is 1.05 bits per heavy atom. The SMILES string of the molecule is Clc1cccc2c1N[C@H](c1ccccc1)[C@H]1CCCO[C@@H]21. The molecule has 0 bridgehead atoms. The van der Waals surface area contributed by atoms with Gasteiger partial charge in [-0.1, -0.05) is 54.1 Å². The lowest BCUT2D eigenvalue weighted by Gasteiger charge is -2.43. The first kappa shape index (κ1) is 13.2. The van der Waals surface area contributed by atoms with E-state index in [9.17, 15) is 0 Å². The minimum absolute atomic E-state index is 0.152. The van der Waals surface area contributed by atoms with Gasteiger partial charge in [0.25, 0.3) is 0 Å². The fourth-order valence-corrected chi connectivity index (χ4v) is 3.89. The van der Waals surface area contributed by atoms with Gasteiger partial charge < -0.3 is 10.1 Å². The van der Waals surface area contributed by atoms with Gasteiger partial charge >= 0.3 is 0 Å². The van der Waals surface area contributed by atoms with Crippen LogP contribution in [0.1, 0.15) is 36.1 Å². The zero-order valence-corrected chi connectivity index (χ0v) is 12.5. The Kier molecular flexibility index (Phi) is 3.36. The number of hydrogen-bond acceptors (Lipinski definition) is 2. The first-order valence-corrected chi connectivity index (χ1v) is 7.94. The number of fused-ring (bicyclic) bond motifs is 3. The van der Waals surface area contributed by atoms with Crippen LogP contribution in [0.15, 0.2) is 48.5 Å². The van der Waals surface area contributed by atoms with Crippen molar-refractivity contribution in [1.29, 1.82) is 0 Å². The molecule has 1 fully saturated rings. The fourth-order valence-electron chi connectivity index (χ4n) is 3.65. The number of ether oxygens (including phenoxy) is 1. The van der Waals surface area contributed by atoms with Gasteiger partial charge in [0.1, 0.15) is 0 Å². The van der Waals surface area contributed by atoms with E-state index in [0.29, 0.717) is 5.92 Å². The average molecular weight is 300 g/mol. The molecule has 2 heterocycles. The second-order valence-corrected chi connectivity index (χ2v) is 6.24. The van der Waals surface area contributed by atoms with Crippen molar-refractivity contribution in [3.05, 3.63) is 64.7 Å². The molecular weight excluding hydrogens is 282 g/mol. The quantitative estimate of drug-likeness (QED) is 0.802. The predicted octanol–water partition coefficient (Wildman–Crippen LogP) is 4.97. The highest BCUT2D eigenvalue weighted by atomic mass is 35.5. The molecule has 0 spiro atoms. The number of anilines is 1.